The van der Waals surface area contributed by atoms with Gasteiger partial charge in [0.1, 0.15) is 5.54 Å². The van der Waals surface area contributed by atoms with E-state index in [9.17, 15) is 22.0 Å². The van der Waals surface area contributed by atoms with E-state index in [1.54, 1.807) is 6.92 Å². The Hall–Kier alpha value is -1.29. The molecule has 0 amide bonds. The molecular formula is C9H12F5N3O2. The van der Waals surface area contributed by atoms with Gasteiger partial charge in [-0.3, -0.25) is 0 Å². The second kappa shape index (κ2) is 5.00. The lowest BCUT2D eigenvalue weighted by atomic mass is 10.1. The van der Waals surface area contributed by atoms with E-state index in [0.717, 1.165) is 0 Å². The summed E-state index contributed by atoms with van der Waals surface area (Å²) in [5.74, 6) is -7.55. The first-order chi connectivity index (χ1) is 8.52. The molecule has 0 radical (unpaired) electrons. The lowest BCUT2D eigenvalue weighted by Crippen LogP contribution is -2.40. The van der Waals surface area contributed by atoms with Crippen LogP contribution in [0, 0.1) is 0 Å². The predicted octanol–water partition coefficient (Wildman–Crippen LogP) is 1.93. The van der Waals surface area contributed by atoms with Crippen molar-refractivity contribution in [2.24, 2.45) is 5.73 Å². The van der Waals surface area contributed by atoms with Crippen LogP contribution in [-0.2, 0) is 16.2 Å². The Bertz CT molecular complexity index is 430. The van der Waals surface area contributed by atoms with Crippen molar-refractivity contribution in [1.82, 2.24) is 10.1 Å². The molecule has 5 nitrogen and oxygen atoms in total. The molecule has 1 atom stereocenters. The summed E-state index contributed by atoms with van der Waals surface area (Å²) in [6.45, 7) is 3.12. The van der Waals surface area contributed by atoms with Crippen LogP contribution in [0.25, 0.3) is 0 Å². The highest BCUT2D eigenvalue weighted by molar-refractivity contribution is 5.05. The molecule has 0 fully saturated rings. The van der Waals surface area contributed by atoms with Gasteiger partial charge < -0.3 is 15.0 Å². The van der Waals surface area contributed by atoms with Crippen molar-refractivity contribution in [3.63, 3.8) is 0 Å². The Morgan fingerprint density at radius 3 is 2.32 bits per heavy atom. The van der Waals surface area contributed by atoms with E-state index in [2.05, 4.69) is 14.7 Å². The maximum Gasteiger partial charge on any atom is 0.463 e. The van der Waals surface area contributed by atoms with E-state index in [1.165, 1.54) is 6.92 Å². The average Bonchev–Trinajstić information content (AvgIpc) is 2.75. The minimum atomic E-state index is -5.82. The molecule has 0 saturated carbocycles. The summed E-state index contributed by atoms with van der Waals surface area (Å²) in [4.78, 5) is 3.02. The van der Waals surface area contributed by atoms with Gasteiger partial charge in [-0.2, -0.15) is 26.9 Å². The van der Waals surface area contributed by atoms with E-state index < -0.39 is 29.4 Å². The fourth-order valence-corrected chi connectivity index (χ4v) is 1.08. The number of ether oxygens (including phenoxy) is 1. The van der Waals surface area contributed by atoms with Crippen molar-refractivity contribution in [2.45, 2.75) is 31.5 Å². The summed E-state index contributed by atoms with van der Waals surface area (Å²) >= 11 is 0. The van der Waals surface area contributed by atoms with Crippen LogP contribution in [0.2, 0.25) is 0 Å². The Kier molecular flexibility index (Phi) is 4.15. The summed E-state index contributed by atoms with van der Waals surface area (Å²) in [5, 5.41) is 3.05. The highest BCUT2D eigenvalue weighted by Gasteiger charge is 2.63. The fourth-order valence-electron chi connectivity index (χ4n) is 1.08. The topological polar surface area (TPSA) is 74.2 Å². The molecule has 0 saturated heterocycles. The zero-order valence-electron chi connectivity index (χ0n) is 10.1. The summed E-state index contributed by atoms with van der Waals surface area (Å²) in [6.07, 6.45) is -5.82. The molecule has 0 aliphatic rings. The maximum absolute atomic E-state index is 12.9. The normalized spacial score (nSPS) is 16.4. The van der Waals surface area contributed by atoms with E-state index in [0.29, 0.717) is 0 Å². The van der Waals surface area contributed by atoms with E-state index in [4.69, 9.17) is 10.5 Å². The van der Waals surface area contributed by atoms with Gasteiger partial charge in [-0.25, -0.2) is 0 Å². The second-order valence-corrected chi connectivity index (χ2v) is 4.05. The highest BCUT2D eigenvalue weighted by atomic mass is 19.4. The van der Waals surface area contributed by atoms with Crippen molar-refractivity contribution in [3.8, 4) is 0 Å². The maximum atomic E-state index is 12.9. The number of hydrogen-bond acceptors (Lipinski definition) is 5. The third-order valence-electron chi connectivity index (χ3n) is 2.17. The van der Waals surface area contributed by atoms with Crippen LogP contribution >= 0.6 is 0 Å². The van der Waals surface area contributed by atoms with Crippen LogP contribution in [0.4, 0.5) is 22.0 Å². The van der Waals surface area contributed by atoms with Gasteiger partial charge in [0.05, 0.1) is 6.61 Å². The van der Waals surface area contributed by atoms with Crippen molar-refractivity contribution >= 4 is 0 Å². The van der Waals surface area contributed by atoms with E-state index in [1.807, 2.05) is 0 Å². The summed E-state index contributed by atoms with van der Waals surface area (Å²) < 4.78 is 71.0. The van der Waals surface area contributed by atoms with Gasteiger partial charge in [0.2, 0.25) is 0 Å². The number of alkyl halides is 5. The predicted molar refractivity (Wildman–Crippen MR) is 52.3 cm³/mol. The second-order valence-electron chi connectivity index (χ2n) is 4.05. The minimum Gasteiger partial charge on any atom is -0.379 e. The standard InChI is InChI=1S/C9H12F5N3O2/c1-3-18-4-7(2,15)5-16-6(19-17-5)8(10,11)9(12,13)14/h3-4,15H2,1-2H3. The van der Waals surface area contributed by atoms with Crippen LogP contribution in [0.15, 0.2) is 4.52 Å². The largest absolute Gasteiger partial charge is 0.463 e. The zero-order valence-corrected chi connectivity index (χ0v) is 10.1. The van der Waals surface area contributed by atoms with Crippen LogP contribution in [0.3, 0.4) is 0 Å². The fraction of sp³-hybridized carbons (Fsp3) is 0.778. The van der Waals surface area contributed by atoms with Crippen LogP contribution < -0.4 is 5.73 Å². The van der Waals surface area contributed by atoms with E-state index >= 15 is 0 Å². The molecule has 1 unspecified atom stereocenters. The first-order valence-corrected chi connectivity index (χ1v) is 5.18. The van der Waals surface area contributed by atoms with Gasteiger partial charge in [0, 0.05) is 6.61 Å². The first kappa shape index (κ1) is 15.8. The van der Waals surface area contributed by atoms with Gasteiger partial charge in [-0.1, -0.05) is 5.16 Å². The molecule has 19 heavy (non-hydrogen) atoms. The first-order valence-electron chi connectivity index (χ1n) is 5.18. The number of hydrogen-bond donors (Lipinski definition) is 1. The molecule has 2 N–H and O–H groups in total. The monoisotopic (exact) mass is 289 g/mol. The summed E-state index contributed by atoms with van der Waals surface area (Å²) in [7, 11) is 0. The van der Waals surface area contributed by atoms with Gasteiger partial charge in [-0.15, -0.1) is 0 Å². The molecule has 0 aliphatic heterocycles. The van der Waals surface area contributed by atoms with E-state index in [-0.39, 0.29) is 13.2 Å². The number of rotatable bonds is 5. The minimum absolute atomic E-state index is 0.153. The van der Waals surface area contributed by atoms with Crippen LogP contribution in [0.1, 0.15) is 25.6 Å². The molecule has 1 aromatic rings. The Morgan fingerprint density at radius 1 is 1.26 bits per heavy atom. The quantitative estimate of drug-likeness (QED) is 0.838. The Labute approximate surface area is 104 Å². The molecule has 0 bridgehead atoms. The summed E-state index contributed by atoms with van der Waals surface area (Å²) in [6, 6.07) is 0. The highest BCUT2D eigenvalue weighted by Crippen LogP contribution is 2.43. The van der Waals surface area contributed by atoms with Crippen molar-refractivity contribution in [3.05, 3.63) is 11.7 Å². The van der Waals surface area contributed by atoms with Crippen molar-refractivity contribution < 1.29 is 31.2 Å². The van der Waals surface area contributed by atoms with Crippen molar-refractivity contribution in [2.75, 3.05) is 13.2 Å². The smallest absolute Gasteiger partial charge is 0.379 e. The lowest BCUT2D eigenvalue weighted by molar-refractivity contribution is -0.298. The number of aromatic nitrogens is 2. The van der Waals surface area contributed by atoms with Crippen molar-refractivity contribution in [1.29, 1.82) is 0 Å². The molecule has 1 rings (SSSR count). The number of halogens is 5. The number of nitrogens with zero attached hydrogens (tertiary/aromatic N) is 2. The molecule has 10 heteroatoms. The Morgan fingerprint density at radius 2 is 1.84 bits per heavy atom. The van der Waals surface area contributed by atoms with Gasteiger partial charge >= 0.3 is 18.0 Å². The summed E-state index contributed by atoms with van der Waals surface area (Å²) in [5.41, 5.74) is 4.22. The van der Waals surface area contributed by atoms with Crippen LogP contribution in [0.5, 0.6) is 0 Å². The average molecular weight is 289 g/mol. The van der Waals surface area contributed by atoms with Crippen LogP contribution in [-0.4, -0.2) is 29.5 Å². The van der Waals surface area contributed by atoms with Gasteiger partial charge in [0.25, 0.3) is 0 Å². The molecule has 0 spiro atoms. The molecule has 1 aromatic heterocycles. The third-order valence-corrected chi connectivity index (χ3v) is 2.17. The molecule has 110 valence electrons. The molecule has 0 aromatic carbocycles. The van der Waals surface area contributed by atoms with Gasteiger partial charge in [0.15, 0.2) is 5.82 Å². The molecule has 1 heterocycles. The number of nitrogens with two attached hydrogens (primary N) is 1. The molecular weight excluding hydrogens is 277 g/mol. The third kappa shape index (κ3) is 3.18. The zero-order chi connectivity index (χ0) is 14.9. The lowest BCUT2D eigenvalue weighted by Gasteiger charge is -2.19. The van der Waals surface area contributed by atoms with Gasteiger partial charge in [-0.05, 0) is 13.8 Å². The Balaban J connectivity index is 3.00. The SMILES string of the molecule is CCOCC(C)(N)c1noc(C(F)(F)C(F)(F)F)n1. The molecule has 0 aliphatic carbocycles.